The second kappa shape index (κ2) is 15.5. The van der Waals surface area contributed by atoms with E-state index in [1.807, 2.05) is 32.3 Å². The van der Waals surface area contributed by atoms with Gasteiger partial charge >= 0.3 is 0 Å². The number of aromatic nitrogens is 6. The molecule has 39 heavy (non-hydrogen) atoms. The first-order valence-corrected chi connectivity index (χ1v) is 12.0. The zero-order valence-corrected chi connectivity index (χ0v) is 27.2. The summed E-state index contributed by atoms with van der Waals surface area (Å²) in [7, 11) is 0. The fourth-order valence-electron chi connectivity index (χ4n) is 4.84. The molecule has 0 aliphatic heterocycles. The highest BCUT2D eigenvalue weighted by Crippen LogP contribution is 2.27. The Morgan fingerprint density at radius 2 is 0.795 bits per heavy atom. The number of nitrogens with zero attached hydrogens (tertiary/aromatic N) is 6. The van der Waals surface area contributed by atoms with Gasteiger partial charge in [-0.25, -0.2) is 27.4 Å². The molecule has 0 fully saturated rings. The van der Waals surface area contributed by atoms with E-state index < -0.39 is 0 Å². The number of imidazole rings is 3. The van der Waals surface area contributed by atoms with Crippen molar-refractivity contribution in [3.8, 4) is 37.0 Å². The molecule has 0 bridgehead atoms. The molecule has 0 unspecified atom stereocenters. The maximum absolute atomic E-state index is 5.51. The van der Waals surface area contributed by atoms with E-state index in [1.54, 1.807) is 0 Å². The molecule has 0 spiro atoms. The second-order valence-corrected chi connectivity index (χ2v) is 9.20. The summed E-state index contributed by atoms with van der Waals surface area (Å²) < 4.78 is 12.7. The van der Waals surface area contributed by atoms with Gasteiger partial charge in [-0.2, -0.15) is 0 Å². The van der Waals surface area contributed by atoms with E-state index in [4.69, 9.17) is 19.3 Å². The minimum Gasteiger partial charge on any atom is -1.00 e. The molecule has 3 aromatic heterocycles. The molecule has 0 radical (unpaired) electrons. The maximum atomic E-state index is 5.51. The lowest BCUT2D eigenvalue weighted by molar-refractivity contribution is -0.690. The van der Waals surface area contributed by atoms with E-state index >= 15 is 0 Å². The molecule has 0 amide bonds. The minimum atomic E-state index is 0. The number of hydrogen-bond acceptors (Lipinski definition) is 0. The first-order valence-electron chi connectivity index (χ1n) is 12.0. The van der Waals surface area contributed by atoms with Crippen LogP contribution in [0.4, 0.5) is 0 Å². The van der Waals surface area contributed by atoms with Crippen molar-refractivity contribution >= 4 is 0 Å². The highest BCUT2D eigenvalue weighted by molar-refractivity contribution is 5.49. The Kier molecular flexibility index (Phi) is 13.5. The highest BCUT2D eigenvalue weighted by Gasteiger charge is 2.22. The lowest BCUT2D eigenvalue weighted by Crippen LogP contribution is -3.00. The molecular weight excluding hydrogens is 684 g/mol. The second-order valence-electron chi connectivity index (χ2n) is 9.20. The molecule has 0 saturated heterocycles. The third kappa shape index (κ3) is 7.99. The van der Waals surface area contributed by atoms with Crippen LogP contribution < -0.4 is 64.6 Å². The van der Waals surface area contributed by atoms with E-state index in [0.717, 1.165) is 19.6 Å². The average Bonchev–Trinajstić information content (AvgIpc) is 3.60. The van der Waals surface area contributed by atoms with Gasteiger partial charge in [-0.1, -0.05) is 17.8 Å². The smallest absolute Gasteiger partial charge is 0.244 e. The minimum absolute atomic E-state index is 0. The monoisotopic (exact) mass is 714 g/mol. The quantitative estimate of drug-likeness (QED) is 0.122. The van der Waals surface area contributed by atoms with Crippen molar-refractivity contribution in [1.29, 1.82) is 0 Å². The third-order valence-corrected chi connectivity index (χ3v) is 6.80. The lowest BCUT2D eigenvalue weighted by Gasteiger charge is -2.20. The standard InChI is InChI=1S/C30H33N6.3BrH/c1-7-10-31-13-16-34(22-31)19-28-25(4)29(20-35-17-14-32(23-35)11-8-2)27(6)30(26(28)5)21-36-18-15-33(24-36)12-9-3;;;/h1-3,13-18,22-24H,10-12,19-21H2,4-6H3;3*1H/q+3;;;/p-3. The van der Waals surface area contributed by atoms with Gasteiger partial charge in [0.15, 0.2) is 19.6 Å². The first-order chi connectivity index (χ1) is 17.4. The average molecular weight is 717 g/mol. The van der Waals surface area contributed by atoms with Crippen LogP contribution in [-0.2, 0) is 39.3 Å². The summed E-state index contributed by atoms with van der Waals surface area (Å²) in [6.45, 7) is 10.7. The van der Waals surface area contributed by atoms with Gasteiger partial charge in [0.1, 0.15) is 56.8 Å². The summed E-state index contributed by atoms with van der Waals surface area (Å²) in [5, 5.41) is 0. The van der Waals surface area contributed by atoms with Gasteiger partial charge < -0.3 is 50.9 Å². The topological polar surface area (TPSA) is 26.4 Å². The van der Waals surface area contributed by atoms with Crippen LogP contribution >= 0.6 is 0 Å². The zero-order chi connectivity index (χ0) is 25.7. The van der Waals surface area contributed by atoms with Crippen molar-refractivity contribution in [2.24, 2.45) is 0 Å². The fraction of sp³-hybridized carbons (Fsp3) is 0.300. The van der Waals surface area contributed by atoms with Gasteiger partial charge in [-0.3, -0.25) is 0 Å². The third-order valence-electron chi connectivity index (χ3n) is 6.80. The molecule has 4 rings (SSSR count). The number of terminal acetylenes is 3. The summed E-state index contributed by atoms with van der Waals surface area (Å²) in [6.07, 6.45) is 35.0. The number of benzene rings is 1. The molecule has 204 valence electrons. The Labute approximate surface area is 263 Å². The van der Waals surface area contributed by atoms with E-state index in [2.05, 4.69) is 89.8 Å². The molecule has 1 aromatic carbocycles. The van der Waals surface area contributed by atoms with Crippen molar-refractivity contribution in [1.82, 2.24) is 13.7 Å². The summed E-state index contributed by atoms with van der Waals surface area (Å²) in [4.78, 5) is 0. The van der Waals surface area contributed by atoms with Crippen LogP contribution in [-0.4, -0.2) is 13.7 Å². The van der Waals surface area contributed by atoms with Crippen molar-refractivity contribution < 1.29 is 64.6 Å². The summed E-state index contributed by atoms with van der Waals surface area (Å²) in [5.41, 5.74) is 7.96. The summed E-state index contributed by atoms with van der Waals surface area (Å²) >= 11 is 0. The Hall–Kier alpha value is -3.03. The van der Waals surface area contributed by atoms with Gasteiger partial charge in [0.25, 0.3) is 0 Å². The normalized spacial score (nSPS) is 9.85. The predicted molar refractivity (Wildman–Crippen MR) is 138 cm³/mol. The predicted octanol–water partition coefficient (Wildman–Crippen LogP) is -7.06. The van der Waals surface area contributed by atoms with Crippen molar-refractivity contribution in [3.63, 3.8) is 0 Å². The Balaban J connectivity index is 0.00000253. The largest absolute Gasteiger partial charge is 1.00 e. The van der Waals surface area contributed by atoms with Gasteiger partial charge in [-0.15, -0.1) is 19.3 Å². The van der Waals surface area contributed by atoms with Crippen LogP contribution in [0.1, 0.15) is 33.4 Å². The van der Waals surface area contributed by atoms with Crippen LogP contribution in [0, 0.1) is 57.8 Å². The van der Waals surface area contributed by atoms with Crippen LogP contribution in [0.25, 0.3) is 0 Å². The molecule has 0 saturated carbocycles. The molecule has 0 aliphatic carbocycles. The molecule has 4 aromatic rings. The molecule has 0 atom stereocenters. The molecule has 0 aliphatic rings. The van der Waals surface area contributed by atoms with Gasteiger partial charge in [-0.05, 0) is 37.5 Å². The molecular formula is C30H33Br3N6. The van der Waals surface area contributed by atoms with E-state index in [1.165, 1.54) is 33.4 Å². The van der Waals surface area contributed by atoms with E-state index in [9.17, 15) is 0 Å². The molecule has 9 heteroatoms. The van der Waals surface area contributed by atoms with Crippen LogP contribution in [0.15, 0.2) is 56.2 Å². The SMILES string of the molecule is C#CCn1cc[n+](Cc2c(C)c(C[n+]3ccn(CC#C)c3)c(C)c(C[n+]3ccn(CC#C)c3)c2C)c1.[Br-].[Br-].[Br-]. The molecule has 3 heterocycles. The van der Waals surface area contributed by atoms with Crippen molar-refractivity contribution in [2.75, 3.05) is 0 Å². The van der Waals surface area contributed by atoms with Crippen LogP contribution in [0.2, 0.25) is 0 Å². The first kappa shape index (κ1) is 34.0. The number of halogens is 3. The summed E-state index contributed by atoms with van der Waals surface area (Å²) in [6, 6.07) is 0. The maximum Gasteiger partial charge on any atom is 0.244 e. The molecule has 6 nitrogen and oxygen atoms in total. The Bertz CT molecular complexity index is 1320. The summed E-state index contributed by atoms with van der Waals surface area (Å²) in [5.74, 6) is 8.11. The fourth-order valence-corrected chi connectivity index (χ4v) is 4.84. The number of hydrogen-bond donors (Lipinski definition) is 0. The van der Waals surface area contributed by atoms with E-state index in [0.29, 0.717) is 19.6 Å². The zero-order valence-electron chi connectivity index (χ0n) is 22.5. The van der Waals surface area contributed by atoms with Gasteiger partial charge in [0.05, 0.1) is 0 Å². The Morgan fingerprint density at radius 3 is 1.03 bits per heavy atom. The van der Waals surface area contributed by atoms with Gasteiger partial charge in [0.2, 0.25) is 19.0 Å². The van der Waals surface area contributed by atoms with Crippen molar-refractivity contribution in [2.45, 2.75) is 60.0 Å². The highest BCUT2D eigenvalue weighted by atomic mass is 79.9. The van der Waals surface area contributed by atoms with Gasteiger partial charge in [0, 0.05) is 16.7 Å². The van der Waals surface area contributed by atoms with Crippen molar-refractivity contribution in [3.05, 3.63) is 89.5 Å². The van der Waals surface area contributed by atoms with Crippen LogP contribution in [0.3, 0.4) is 0 Å². The van der Waals surface area contributed by atoms with Crippen LogP contribution in [0.5, 0.6) is 0 Å². The molecule has 0 N–H and O–H groups in total. The number of rotatable bonds is 9. The van der Waals surface area contributed by atoms with E-state index in [-0.39, 0.29) is 50.9 Å². The lowest BCUT2D eigenvalue weighted by atomic mass is 9.87. The Morgan fingerprint density at radius 1 is 0.538 bits per heavy atom.